The number of rotatable bonds is 6. The fourth-order valence-electron chi connectivity index (χ4n) is 2.98. The summed E-state index contributed by atoms with van der Waals surface area (Å²) in [5, 5.41) is 7.83. The number of benzene rings is 3. The molecule has 0 saturated heterocycles. The first kappa shape index (κ1) is 21.8. The molecule has 0 radical (unpaired) electrons. The van der Waals surface area contributed by atoms with Gasteiger partial charge in [-0.05, 0) is 73.7 Å². The van der Waals surface area contributed by atoms with Crippen LogP contribution in [-0.4, -0.2) is 27.3 Å². The SMILES string of the molecule is CCOc1ccc(NC(=O)c2nc(-c3ccc(F)cc3)n(-c3ccc(Cl)c(Cl)c3)n2)cc1. The summed E-state index contributed by atoms with van der Waals surface area (Å²) < 4.78 is 20.3. The highest BCUT2D eigenvalue weighted by atomic mass is 35.5. The molecule has 0 aliphatic heterocycles. The average molecular weight is 471 g/mol. The van der Waals surface area contributed by atoms with E-state index in [9.17, 15) is 9.18 Å². The Kier molecular flexibility index (Phi) is 6.39. The van der Waals surface area contributed by atoms with Crippen molar-refractivity contribution in [3.05, 3.63) is 88.4 Å². The normalized spacial score (nSPS) is 10.8. The molecule has 1 aromatic heterocycles. The van der Waals surface area contributed by atoms with Crippen LogP contribution < -0.4 is 10.1 Å². The van der Waals surface area contributed by atoms with E-state index in [1.54, 1.807) is 54.6 Å². The molecule has 1 amide bonds. The maximum Gasteiger partial charge on any atom is 0.295 e. The summed E-state index contributed by atoms with van der Waals surface area (Å²) in [4.78, 5) is 17.2. The highest BCUT2D eigenvalue weighted by Gasteiger charge is 2.19. The molecule has 1 heterocycles. The van der Waals surface area contributed by atoms with Crippen LogP contribution in [0.25, 0.3) is 17.1 Å². The minimum Gasteiger partial charge on any atom is -0.494 e. The lowest BCUT2D eigenvalue weighted by Crippen LogP contribution is -2.14. The van der Waals surface area contributed by atoms with Crippen molar-refractivity contribution < 1.29 is 13.9 Å². The van der Waals surface area contributed by atoms with Crippen LogP contribution in [0.5, 0.6) is 5.75 Å². The van der Waals surface area contributed by atoms with Gasteiger partial charge in [0.2, 0.25) is 5.82 Å². The summed E-state index contributed by atoms with van der Waals surface area (Å²) in [5.41, 5.74) is 1.68. The van der Waals surface area contributed by atoms with E-state index in [1.165, 1.54) is 16.8 Å². The molecule has 0 atom stereocenters. The molecule has 4 rings (SSSR count). The number of hydrogen-bond donors (Lipinski definition) is 1. The summed E-state index contributed by atoms with van der Waals surface area (Å²) in [6.07, 6.45) is 0. The molecule has 0 spiro atoms. The molecule has 162 valence electrons. The Balaban J connectivity index is 1.70. The van der Waals surface area contributed by atoms with Gasteiger partial charge in [0, 0.05) is 11.3 Å². The van der Waals surface area contributed by atoms with Crippen molar-refractivity contribution >= 4 is 34.8 Å². The first-order valence-corrected chi connectivity index (χ1v) is 10.4. The smallest absolute Gasteiger partial charge is 0.295 e. The molecule has 0 bridgehead atoms. The molecule has 0 unspecified atom stereocenters. The maximum absolute atomic E-state index is 13.4. The van der Waals surface area contributed by atoms with Gasteiger partial charge in [0.15, 0.2) is 5.82 Å². The Morgan fingerprint density at radius 3 is 2.41 bits per heavy atom. The third-order valence-electron chi connectivity index (χ3n) is 4.48. The zero-order valence-corrected chi connectivity index (χ0v) is 18.4. The van der Waals surface area contributed by atoms with Gasteiger partial charge in [-0.1, -0.05) is 23.2 Å². The topological polar surface area (TPSA) is 69.0 Å². The van der Waals surface area contributed by atoms with Crippen molar-refractivity contribution in [2.24, 2.45) is 0 Å². The molecule has 0 aliphatic rings. The molecule has 32 heavy (non-hydrogen) atoms. The number of ether oxygens (including phenoxy) is 1. The molecule has 0 saturated carbocycles. The van der Waals surface area contributed by atoms with E-state index in [1.807, 2.05) is 6.92 Å². The largest absolute Gasteiger partial charge is 0.494 e. The zero-order chi connectivity index (χ0) is 22.7. The second kappa shape index (κ2) is 9.38. The zero-order valence-electron chi connectivity index (χ0n) is 16.8. The molecular weight excluding hydrogens is 454 g/mol. The number of amides is 1. The Labute approximate surface area is 193 Å². The minimum absolute atomic E-state index is 0.0655. The lowest BCUT2D eigenvalue weighted by atomic mass is 10.2. The van der Waals surface area contributed by atoms with Gasteiger partial charge < -0.3 is 10.1 Å². The van der Waals surface area contributed by atoms with Gasteiger partial charge in [-0.15, -0.1) is 5.10 Å². The summed E-state index contributed by atoms with van der Waals surface area (Å²) in [6, 6.07) is 17.6. The Morgan fingerprint density at radius 1 is 1.03 bits per heavy atom. The van der Waals surface area contributed by atoms with Crippen LogP contribution >= 0.6 is 23.2 Å². The van der Waals surface area contributed by atoms with E-state index in [0.717, 1.165) is 0 Å². The molecule has 0 fully saturated rings. The van der Waals surface area contributed by atoms with Gasteiger partial charge in [0.05, 0.1) is 22.3 Å². The second-order valence-electron chi connectivity index (χ2n) is 6.69. The van der Waals surface area contributed by atoms with E-state index in [2.05, 4.69) is 15.4 Å². The predicted molar refractivity (Wildman–Crippen MR) is 122 cm³/mol. The molecule has 1 N–H and O–H groups in total. The minimum atomic E-state index is -0.503. The van der Waals surface area contributed by atoms with Crippen molar-refractivity contribution in [1.29, 1.82) is 0 Å². The maximum atomic E-state index is 13.4. The third-order valence-corrected chi connectivity index (χ3v) is 5.22. The van der Waals surface area contributed by atoms with Gasteiger partial charge in [-0.25, -0.2) is 14.1 Å². The van der Waals surface area contributed by atoms with Crippen LogP contribution in [0.15, 0.2) is 66.7 Å². The second-order valence-corrected chi connectivity index (χ2v) is 7.50. The highest BCUT2D eigenvalue weighted by Crippen LogP contribution is 2.27. The van der Waals surface area contributed by atoms with Crippen LogP contribution in [0.3, 0.4) is 0 Å². The Morgan fingerprint density at radius 2 is 1.75 bits per heavy atom. The number of anilines is 1. The fraction of sp³-hybridized carbons (Fsp3) is 0.0870. The summed E-state index contributed by atoms with van der Waals surface area (Å²) in [5.74, 6) is 0.0924. The lowest BCUT2D eigenvalue weighted by Gasteiger charge is -2.07. The number of nitrogens with zero attached hydrogens (tertiary/aromatic N) is 3. The monoisotopic (exact) mass is 470 g/mol. The number of halogens is 3. The van der Waals surface area contributed by atoms with Gasteiger partial charge >= 0.3 is 0 Å². The van der Waals surface area contributed by atoms with Crippen LogP contribution in [0, 0.1) is 5.82 Å². The number of nitrogens with one attached hydrogen (secondary N) is 1. The van der Waals surface area contributed by atoms with Gasteiger partial charge in [-0.3, -0.25) is 4.79 Å². The van der Waals surface area contributed by atoms with E-state index in [-0.39, 0.29) is 11.6 Å². The molecule has 9 heteroatoms. The quantitative estimate of drug-likeness (QED) is 0.373. The average Bonchev–Trinajstić information content (AvgIpc) is 3.23. The molecule has 0 aliphatic carbocycles. The lowest BCUT2D eigenvalue weighted by molar-refractivity contribution is 0.101. The van der Waals surface area contributed by atoms with Crippen molar-refractivity contribution in [1.82, 2.24) is 14.8 Å². The summed E-state index contributed by atoms with van der Waals surface area (Å²) in [6.45, 7) is 2.44. The van der Waals surface area contributed by atoms with E-state index < -0.39 is 5.91 Å². The van der Waals surface area contributed by atoms with Crippen LogP contribution in [0.4, 0.5) is 10.1 Å². The van der Waals surface area contributed by atoms with Gasteiger partial charge in [-0.2, -0.15) is 0 Å². The molecule has 6 nitrogen and oxygen atoms in total. The molecule has 4 aromatic rings. The Hall–Kier alpha value is -3.42. The number of hydrogen-bond acceptors (Lipinski definition) is 4. The first-order chi connectivity index (χ1) is 15.4. The van der Waals surface area contributed by atoms with E-state index in [0.29, 0.717) is 45.2 Å². The van der Waals surface area contributed by atoms with Crippen LogP contribution in [0.1, 0.15) is 17.5 Å². The fourth-order valence-corrected chi connectivity index (χ4v) is 3.27. The molecule has 3 aromatic carbocycles. The van der Waals surface area contributed by atoms with Crippen molar-refractivity contribution in [2.75, 3.05) is 11.9 Å². The standard InChI is InChI=1S/C23H17Cl2FN4O2/c1-2-32-18-10-7-16(8-11-18)27-23(31)21-28-22(14-3-5-15(26)6-4-14)30(29-21)17-9-12-19(24)20(25)13-17/h3-13H,2H2,1H3,(H,27,31). The van der Waals surface area contributed by atoms with E-state index >= 15 is 0 Å². The van der Waals surface area contributed by atoms with Crippen molar-refractivity contribution in [3.63, 3.8) is 0 Å². The van der Waals surface area contributed by atoms with E-state index in [4.69, 9.17) is 27.9 Å². The molecular formula is C23H17Cl2FN4O2. The van der Waals surface area contributed by atoms with Crippen LogP contribution in [0.2, 0.25) is 10.0 Å². The third kappa shape index (κ3) is 4.74. The predicted octanol–water partition coefficient (Wildman–Crippen LogP) is 6.03. The number of aromatic nitrogens is 3. The van der Waals surface area contributed by atoms with Crippen LogP contribution in [-0.2, 0) is 0 Å². The number of carbonyl (C=O) groups excluding carboxylic acids is 1. The Bertz CT molecular complexity index is 1260. The summed E-state index contributed by atoms with van der Waals surface area (Å²) >= 11 is 12.2. The first-order valence-electron chi connectivity index (χ1n) is 9.67. The van der Waals surface area contributed by atoms with Gasteiger partial charge in [0.25, 0.3) is 5.91 Å². The summed E-state index contributed by atoms with van der Waals surface area (Å²) in [7, 11) is 0. The highest BCUT2D eigenvalue weighted by molar-refractivity contribution is 6.42. The van der Waals surface area contributed by atoms with Crippen molar-refractivity contribution in [3.8, 4) is 22.8 Å². The van der Waals surface area contributed by atoms with Crippen molar-refractivity contribution in [2.45, 2.75) is 6.92 Å². The van der Waals surface area contributed by atoms with Gasteiger partial charge in [0.1, 0.15) is 11.6 Å². The number of carbonyl (C=O) groups is 1.